The zero-order valence-corrected chi connectivity index (χ0v) is 10.9. The van der Waals surface area contributed by atoms with Crippen LogP contribution in [0.5, 0.6) is 0 Å². The number of halogens is 1. The topological polar surface area (TPSA) is 41.1 Å². The molecule has 1 fully saturated rings. The van der Waals surface area contributed by atoms with Gasteiger partial charge in [-0.25, -0.2) is 0 Å². The highest BCUT2D eigenvalue weighted by atomic mass is 35.5. The summed E-state index contributed by atoms with van der Waals surface area (Å²) in [6.07, 6.45) is 5.37. The second kappa shape index (κ2) is 6.57. The van der Waals surface area contributed by atoms with E-state index in [2.05, 4.69) is 10.6 Å². The van der Waals surface area contributed by atoms with E-state index >= 15 is 0 Å². The van der Waals surface area contributed by atoms with Crippen molar-refractivity contribution < 1.29 is 4.79 Å². The molecule has 1 aromatic carbocycles. The first-order valence-corrected chi connectivity index (χ1v) is 6.57. The maximum absolute atomic E-state index is 11.7. The predicted octanol–water partition coefficient (Wildman–Crippen LogP) is 2.22. The highest BCUT2D eigenvalue weighted by Crippen LogP contribution is 2.10. The molecular weight excluding hydrogens is 248 g/mol. The molecule has 18 heavy (non-hydrogen) atoms. The molecule has 0 aliphatic carbocycles. The summed E-state index contributed by atoms with van der Waals surface area (Å²) in [4.78, 5) is 11.7. The van der Waals surface area contributed by atoms with Crippen LogP contribution < -0.4 is 10.6 Å². The normalized spacial score (nSPS) is 16.9. The molecule has 1 saturated heterocycles. The fourth-order valence-electron chi connectivity index (χ4n) is 1.96. The van der Waals surface area contributed by atoms with Crippen molar-refractivity contribution in [1.82, 2.24) is 10.6 Å². The largest absolute Gasteiger partial charge is 0.350 e. The minimum atomic E-state index is -0.0307. The van der Waals surface area contributed by atoms with Gasteiger partial charge in [-0.05, 0) is 49.7 Å². The highest BCUT2D eigenvalue weighted by molar-refractivity contribution is 6.30. The molecule has 2 rings (SSSR count). The highest BCUT2D eigenvalue weighted by Gasteiger charge is 2.13. The van der Waals surface area contributed by atoms with Crippen molar-refractivity contribution in [3.8, 4) is 0 Å². The molecule has 1 aromatic rings. The average Bonchev–Trinajstić information content (AvgIpc) is 2.39. The fourth-order valence-corrected chi connectivity index (χ4v) is 2.09. The summed E-state index contributed by atoms with van der Waals surface area (Å²) >= 11 is 5.79. The van der Waals surface area contributed by atoms with E-state index in [0.717, 1.165) is 31.5 Å². The molecule has 1 amide bonds. The van der Waals surface area contributed by atoms with E-state index in [4.69, 9.17) is 11.6 Å². The summed E-state index contributed by atoms with van der Waals surface area (Å²) < 4.78 is 0. The first-order valence-electron chi connectivity index (χ1n) is 6.19. The van der Waals surface area contributed by atoms with E-state index in [0.29, 0.717) is 11.1 Å². The monoisotopic (exact) mass is 264 g/mol. The van der Waals surface area contributed by atoms with Gasteiger partial charge in [0.05, 0.1) is 0 Å². The van der Waals surface area contributed by atoms with Crippen molar-refractivity contribution in [2.75, 3.05) is 13.1 Å². The molecule has 0 radical (unpaired) electrons. The SMILES string of the molecule is O=C(/C=C/c1ccc(Cl)cc1)NC1CCNCC1. The Kier molecular flexibility index (Phi) is 4.79. The Labute approximate surface area is 112 Å². The second-order valence-electron chi connectivity index (χ2n) is 4.42. The van der Waals surface area contributed by atoms with E-state index in [1.165, 1.54) is 0 Å². The van der Waals surface area contributed by atoms with Crippen molar-refractivity contribution >= 4 is 23.6 Å². The van der Waals surface area contributed by atoms with Crippen LogP contribution >= 0.6 is 11.6 Å². The van der Waals surface area contributed by atoms with Crippen LogP contribution in [0.15, 0.2) is 30.3 Å². The van der Waals surface area contributed by atoms with E-state index < -0.39 is 0 Å². The summed E-state index contributed by atoms with van der Waals surface area (Å²) in [6, 6.07) is 7.69. The minimum Gasteiger partial charge on any atom is -0.350 e. The lowest BCUT2D eigenvalue weighted by atomic mass is 10.1. The Morgan fingerprint density at radius 2 is 1.94 bits per heavy atom. The number of carbonyl (C=O) groups excluding carboxylic acids is 1. The maximum Gasteiger partial charge on any atom is 0.244 e. The molecule has 2 N–H and O–H groups in total. The molecule has 3 nitrogen and oxygen atoms in total. The van der Waals surface area contributed by atoms with Crippen LogP contribution in [0.2, 0.25) is 5.02 Å². The van der Waals surface area contributed by atoms with Crippen molar-refractivity contribution in [2.45, 2.75) is 18.9 Å². The van der Waals surface area contributed by atoms with Crippen molar-refractivity contribution in [1.29, 1.82) is 0 Å². The lowest BCUT2D eigenvalue weighted by molar-refractivity contribution is -0.117. The number of rotatable bonds is 3. The quantitative estimate of drug-likeness (QED) is 0.822. The summed E-state index contributed by atoms with van der Waals surface area (Å²) in [5.74, 6) is -0.0307. The van der Waals surface area contributed by atoms with Crippen molar-refractivity contribution in [3.63, 3.8) is 0 Å². The van der Waals surface area contributed by atoms with Gasteiger partial charge in [0.15, 0.2) is 0 Å². The number of hydrogen-bond acceptors (Lipinski definition) is 2. The Morgan fingerprint density at radius 3 is 2.61 bits per heavy atom. The second-order valence-corrected chi connectivity index (χ2v) is 4.85. The standard InChI is InChI=1S/C14H17ClN2O/c15-12-4-1-11(2-5-12)3-6-14(18)17-13-7-9-16-10-8-13/h1-6,13,16H,7-10H2,(H,17,18)/b6-3+. The lowest BCUT2D eigenvalue weighted by Gasteiger charge is -2.22. The van der Waals surface area contributed by atoms with Crippen LogP contribution in [0.4, 0.5) is 0 Å². The predicted molar refractivity (Wildman–Crippen MR) is 74.5 cm³/mol. The number of carbonyl (C=O) groups is 1. The minimum absolute atomic E-state index is 0.0307. The molecule has 1 heterocycles. The van der Waals surface area contributed by atoms with Gasteiger partial charge in [0.2, 0.25) is 5.91 Å². The van der Waals surface area contributed by atoms with Gasteiger partial charge in [-0.15, -0.1) is 0 Å². The van der Waals surface area contributed by atoms with Gasteiger partial charge in [-0.2, -0.15) is 0 Å². The van der Waals surface area contributed by atoms with Gasteiger partial charge in [-0.1, -0.05) is 23.7 Å². The van der Waals surface area contributed by atoms with Gasteiger partial charge in [0, 0.05) is 17.1 Å². The van der Waals surface area contributed by atoms with Gasteiger partial charge >= 0.3 is 0 Å². The third-order valence-electron chi connectivity index (χ3n) is 2.98. The zero-order chi connectivity index (χ0) is 12.8. The number of nitrogens with one attached hydrogen (secondary N) is 2. The summed E-state index contributed by atoms with van der Waals surface area (Å²) in [5, 5.41) is 6.98. The van der Waals surface area contributed by atoms with Gasteiger partial charge in [0.1, 0.15) is 0 Å². The van der Waals surface area contributed by atoms with Crippen LogP contribution in [-0.4, -0.2) is 25.0 Å². The Balaban J connectivity index is 1.84. The Morgan fingerprint density at radius 1 is 1.28 bits per heavy atom. The molecule has 0 aromatic heterocycles. The van der Waals surface area contributed by atoms with E-state index in [-0.39, 0.29) is 5.91 Å². The number of amides is 1. The molecule has 1 aliphatic heterocycles. The number of benzene rings is 1. The lowest BCUT2D eigenvalue weighted by Crippen LogP contribution is -2.42. The van der Waals surface area contributed by atoms with Crippen molar-refractivity contribution in [2.24, 2.45) is 0 Å². The fraction of sp³-hybridized carbons (Fsp3) is 0.357. The average molecular weight is 265 g/mol. The van der Waals surface area contributed by atoms with Gasteiger partial charge in [0.25, 0.3) is 0 Å². The number of hydrogen-bond donors (Lipinski definition) is 2. The Hall–Kier alpha value is -1.32. The molecule has 4 heteroatoms. The van der Waals surface area contributed by atoms with Crippen LogP contribution in [0.3, 0.4) is 0 Å². The van der Waals surface area contributed by atoms with E-state index in [1.807, 2.05) is 24.3 Å². The van der Waals surface area contributed by atoms with Crippen LogP contribution in [0.25, 0.3) is 6.08 Å². The molecule has 0 atom stereocenters. The van der Waals surface area contributed by atoms with Crippen LogP contribution in [0, 0.1) is 0 Å². The third-order valence-corrected chi connectivity index (χ3v) is 3.23. The van der Waals surface area contributed by atoms with E-state index in [1.54, 1.807) is 12.2 Å². The van der Waals surface area contributed by atoms with E-state index in [9.17, 15) is 4.79 Å². The van der Waals surface area contributed by atoms with Crippen LogP contribution in [0.1, 0.15) is 18.4 Å². The summed E-state index contributed by atoms with van der Waals surface area (Å²) in [6.45, 7) is 1.96. The van der Waals surface area contributed by atoms with Gasteiger partial charge in [-0.3, -0.25) is 4.79 Å². The smallest absolute Gasteiger partial charge is 0.244 e. The van der Waals surface area contributed by atoms with Crippen molar-refractivity contribution in [3.05, 3.63) is 40.9 Å². The summed E-state index contributed by atoms with van der Waals surface area (Å²) in [5.41, 5.74) is 0.972. The Bertz CT molecular complexity index is 422. The van der Waals surface area contributed by atoms with Crippen LogP contribution in [-0.2, 0) is 4.79 Å². The first kappa shape index (κ1) is 13.1. The molecule has 0 bridgehead atoms. The molecule has 0 unspecified atom stereocenters. The molecule has 0 saturated carbocycles. The molecular formula is C14H17ClN2O. The third kappa shape index (κ3) is 4.17. The van der Waals surface area contributed by atoms with Gasteiger partial charge < -0.3 is 10.6 Å². The molecule has 1 aliphatic rings. The number of piperidine rings is 1. The first-order chi connectivity index (χ1) is 8.74. The maximum atomic E-state index is 11.7. The summed E-state index contributed by atoms with van der Waals surface area (Å²) in [7, 11) is 0. The molecule has 0 spiro atoms. The zero-order valence-electron chi connectivity index (χ0n) is 10.2. The molecule has 96 valence electrons.